The van der Waals surface area contributed by atoms with Crippen LogP contribution in [0.4, 0.5) is 34.1 Å². The average molecular weight is 843 g/mol. The highest BCUT2D eigenvalue weighted by molar-refractivity contribution is 7.00. The molecule has 2 aliphatic heterocycles. The van der Waals surface area contributed by atoms with Gasteiger partial charge in [-0.1, -0.05) is 143 Å². The number of nitrogens with zero attached hydrogens (tertiary/aromatic N) is 2. The van der Waals surface area contributed by atoms with Gasteiger partial charge in [0.2, 0.25) is 6.71 Å². The Hall–Kier alpha value is -8.28. The summed E-state index contributed by atoms with van der Waals surface area (Å²) in [5.74, 6) is 0. The van der Waals surface area contributed by atoms with E-state index in [0.717, 1.165) is 72.0 Å². The van der Waals surface area contributed by atoms with Gasteiger partial charge in [-0.3, -0.25) is 0 Å². The molecular formula is C61H39BN2O2. The number of benzene rings is 11. The third-order valence-corrected chi connectivity index (χ3v) is 14.8. The van der Waals surface area contributed by atoms with Crippen LogP contribution in [0.15, 0.2) is 191 Å². The van der Waals surface area contributed by atoms with Gasteiger partial charge in [0.25, 0.3) is 0 Å². The number of hydrogen-bond donors (Lipinski definition) is 0. The zero-order chi connectivity index (χ0) is 43.5. The number of anilines is 6. The highest BCUT2D eigenvalue weighted by atomic mass is 16.3. The Morgan fingerprint density at radius 1 is 0.348 bits per heavy atom. The van der Waals surface area contributed by atoms with Crippen molar-refractivity contribution in [2.24, 2.45) is 0 Å². The van der Waals surface area contributed by atoms with Crippen LogP contribution in [0.1, 0.15) is 16.7 Å². The molecule has 0 saturated carbocycles. The summed E-state index contributed by atoms with van der Waals surface area (Å²) in [6.45, 7) is 6.73. The first kappa shape index (κ1) is 36.1. The van der Waals surface area contributed by atoms with Crippen LogP contribution in [0.5, 0.6) is 0 Å². The van der Waals surface area contributed by atoms with E-state index in [1.54, 1.807) is 0 Å². The number of rotatable bonds is 2. The van der Waals surface area contributed by atoms with Gasteiger partial charge >= 0.3 is 0 Å². The Morgan fingerprint density at radius 3 is 1.50 bits per heavy atom. The zero-order valence-electron chi connectivity index (χ0n) is 36.6. The van der Waals surface area contributed by atoms with Crippen molar-refractivity contribution in [3.8, 4) is 0 Å². The van der Waals surface area contributed by atoms with Gasteiger partial charge in [0, 0.05) is 10.8 Å². The van der Waals surface area contributed by atoms with E-state index >= 15 is 0 Å². The highest BCUT2D eigenvalue weighted by Crippen LogP contribution is 2.59. The summed E-state index contributed by atoms with van der Waals surface area (Å²) in [4.78, 5) is 5.17. The van der Waals surface area contributed by atoms with Crippen molar-refractivity contribution in [3.63, 3.8) is 0 Å². The van der Waals surface area contributed by atoms with Gasteiger partial charge in [-0.25, -0.2) is 0 Å². The van der Waals surface area contributed by atoms with Crippen molar-refractivity contribution in [1.29, 1.82) is 0 Å². The predicted molar refractivity (Wildman–Crippen MR) is 279 cm³/mol. The van der Waals surface area contributed by atoms with Crippen molar-refractivity contribution < 1.29 is 8.83 Å². The van der Waals surface area contributed by atoms with E-state index in [0.29, 0.717) is 0 Å². The summed E-state index contributed by atoms with van der Waals surface area (Å²) in [6.07, 6.45) is 0. The average Bonchev–Trinajstić information content (AvgIpc) is 3.89. The van der Waals surface area contributed by atoms with Crippen molar-refractivity contribution in [3.05, 3.63) is 199 Å². The molecule has 0 fully saturated rings. The zero-order valence-corrected chi connectivity index (χ0v) is 36.6. The third-order valence-electron chi connectivity index (χ3n) is 14.8. The Kier molecular flexibility index (Phi) is 7.07. The quantitative estimate of drug-likeness (QED) is 0.162. The molecular weight excluding hydrogens is 803 g/mol. The molecule has 0 saturated heterocycles. The van der Waals surface area contributed by atoms with Gasteiger partial charge in [-0.2, -0.15) is 0 Å². The smallest absolute Gasteiger partial charge is 0.248 e. The maximum Gasteiger partial charge on any atom is 0.248 e. The van der Waals surface area contributed by atoms with E-state index < -0.39 is 0 Å². The minimum absolute atomic E-state index is 0.0905. The van der Waals surface area contributed by atoms with Crippen LogP contribution in [-0.4, -0.2) is 6.71 Å². The first-order chi connectivity index (χ1) is 32.4. The molecule has 0 spiro atoms. The normalized spacial score (nSPS) is 13.3. The minimum Gasteiger partial charge on any atom is -0.456 e. The van der Waals surface area contributed by atoms with E-state index in [1.165, 1.54) is 82.2 Å². The van der Waals surface area contributed by atoms with Crippen LogP contribution in [-0.2, 0) is 0 Å². The summed E-state index contributed by atoms with van der Waals surface area (Å²) in [7, 11) is 0. The Labute approximate surface area is 380 Å². The van der Waals surface area contributed by atoms with Crippen LogP contribution < -0.4 is 26.2 Å². The maximum absolute atomic E-state index is 6.94. The SMILES string of the molecule is Cc1cc(C)c(B2c3ccc4oc5cc6ccccc6cc5c4c3N3c4cc5ccccc5cc4N(c4cccc5oc6cc7ccccc7cc6c45)c4cc5ccccc5c2c43)c(C)c1. The number of aryl methyl sites for hydroxylation is 3. The number of hydrogen-bond acceptors (Lipinski definition) is 4. The van der Waals surface area contributed by atoms with Gasteiger partial charge in [0.1, 0.15) is 22.3 Å². The Balaban J connectivity index is 1.15. The molecule has 0 radical (unpaired) electrons. The highest BCUT2D eigenvalue weighted by Gasteiger charge is 2.45. The van der Waals surface area contributed by atoms with Crippen LogP contribution in [0.25, 0.3) is 87.0 Å². The van der Waals surface area contributed by atoms with Crippen molar-refractivity contribution >= 4 is 144 Å². The van der Waals surface area contributed by atoms with E-state index in [9.17, 15) is 0 Å². The molecule has 0 N–H and O–H groups in total. The lowest BCUT2D eigenvalue weighted by atomic mass is 9.33. The first-order valence-electron chi connectivity index (χ1n) is 22.9. The summed E-state index contributed by atoms with van der Waals surface area (Å²) in [5, 5.41) is 14.0. The van der Waals surface area contributed by atoms with E-state index in [1.807, 2.05) is 0 Å². The molecule has 2 aliphatic rings. The predicted octanol–water partition coefficient (Wildman–Crippen LogP) is 15.1. The molecule has 66 heavy (non-hydrogen) atoms. The fourth-order valence-corrected chi connectivity index (χ4v) is 12.2. The molecule has 0 aliphatic carbocycles. The first-order valence-corrected chi connectivity index (χ1v) is 22.9. The maximum atomic E-state index is 6.94. The molecule has 0 amide bonds. The fourth-order valence-electron chi connectivity index (χ4n) is 12.2. The second-order valence-electron chi connectivity index (χ2n) is 18.6. The summed E-state index contributed by atoms with van der Waals surface area (Å²) in [5.41, 5.74) is 18.1. The molecule has 0 atom stereocenters. The second-order valence-corrected chi connectivity index (χ2v) is 18.6. The molecule has 13 aromatic rings. The van der Waals surface area contributed by atoms with Gasteiger partial charge in [0.15, 0.2) is 0 Å². The molecule has 4 nitrogen and oxygen atoms in total. The van der Waals surface area contributed by atoms with Crippen LogP contribution >= 0.6 is 0 Å². The third kappa shape index (κ3) is 4.79. The summed E-state index contributed by atoms with van der Waals surface area (Å²) >= 11 is 0. The molecule has 5 heteroatoms. The van der Waals surface area contributed by atoms with Crippen LogP contribution in [0, 0.1) is 20.8 Å². The van der Waals surface area contributed by atoms with Crippen molar-refractivity contribution in [1.82, 2.24) is 0 Å². The second kappa shape index (κ2) is 12.9. The topological polar surface area (TPSA) is 32.8 Å². The van der Waals surface area contributed by atoms with Crippen molar-refractivity contribution in [2.45, 2.75) is 20.8 Å². The van der Waals surface area contributed by atoms with Gasteiger partial charge in [-0.05, 0) is 135 Å². The van der Waals surface area contributed by atoms with E-state index in [2.05, 4.69) is 213 Å². The largest absolute Gasteiger partial charge is 0.456 e. The lowest BCUT2D eigenvalue weighted by Gasteiger charge is -2.46. The van der Waals surface area contributed by atoms with Gasteiger partial charge in [-0.15, -0.1) is 0 Å². The van der Waals surface area contributed by atoms with E-state index in [4.69, 9.17) is 8.83 Å². The molecule has 15 rings (SSSR count). The Morgan fingerprint density at radius 2 is 0.864 bits per heavy atom. The molecule has 4 heterocycles. The minimum atomic E-state index is -0.0905. The summed E-state index contributed by atoms with van der Waals surface area (Å²) < 4.78 is 13.7. The molecule has 2 aromatic heterocycles. The monoisotopic (exact) mass is 842 g/mol. The lowest BCUT2D eigenvalue weighted by molar-refractivity contribution is 0.669. The summed E-state index contributed by atoms with van der Waals surface area (Å²) in [6, 6.07) is 67.3. The lowest BCUT2D eigenvalue weighted by Crippen LogP contribution is -2.59. The number of furan rings is 2. The van der Waals surface area contributed by atoms with Crippen LogP contribution in [0.3, 0.4) is 0 Å². The van der Waals surface area contributed by atoms with Gasteiger partial charge in [0.05, 0.1) is 44.9 Å². The van der Waals surface area contributed by atoms with Crippen LogP contribution in [0.2, 0.25) is 0 Å². The fraction of sp³-hybridized carbons (Fsp3) is 0.0492. The van der Waals surface area contributed by atoms with E-state index in [-0.39, 0.29) is 6.71 Å². The standard InChI is InChI=1S/C61H39BN2O2/c1-34-25-35(2)58(36(3)26-34)62-47-23-24-53-57(46-28-38-14-5-9-18-42(38)33-55(46)66-53)60(47)64-50-30-40-16-7-6-15-39(40)29-49(50)63(51-31-43-19-10-11-20-44(43)59(62)61(51)64)48-21-12-22-52-56(48)45-27-37-13-4-8-17-41(37)32-54(45)65-52/h4-33H,1-3H3. The molecule has 0 unspecified atom stereocenters. The Bertz CT molecular complexity index is 4290. The molecule has 0 bridgehead atoms. The van der Waals surface area contributed by atoms with Gasteiger partial charge < -0.3 is 18.6 Å². The van der Waals surface area contributed by atoms with Crippen molar-refractivity contribution in [2.75, 3.05) is 9.80 Å². The number of fused-ring (bicyclic) bond motifs is 16. The molecule has 308 valence electrons. The molecule has 11 aromatic carbocycles.